The fourth-order valence-corrected chi connectivity index (χ4v) is 4.67. The van der Waals surface area contributed by atoms with E-state index in [1.807, 2.05) is 36.7 Å². The van der Waals surface area contributed by atoms with Crippen molar-refractivity contribution < 1.29 is 5.11 Å². The van der Waals surface area contributed by atoms with Crippen molar-refractivity contribution in [3.05, 3.63) is 144 Å². The molecule has 0 fully saturated rings. The van der Waals surface area contributed by atoms with Gasteiger partial charge in [0.05, 0.1) is 0 Å². The van der Waals surface area contributed by atoms with Crippen molar-refractivity contribution in [3.63, 3.8) is 0 Å². The van der Waals surface area contributed by atoms with E-state index in [1.165, 1.54) is 22.3 Å². The highest BCUT2D eigenvalue weighted by Crippen LogP contribution is 2.43. The van der Waals surface area contributed by atoms with Gasteiger partial charge in [0.2, 0.25) is 0 Å². The van der Waals surface area contributed by atoms with Gasteiger partial charge >= 0.3 is 0 Å². The van der Waals surface area contributed by atoms with E-state index in [0.29, 0.717) is 5.75 Å². The summed E-state index contributed by atoms with van der Waals surface area (Å²) in [6, 6.07) is 37.5. The molecule has 0 atom stereocenters. The molecular weight excluding hydrogens is 378 g/mol. The first-order chi connectivity index (χ1) is 15.3. The number of rotatable bonds is 5. The minimum absolute atomic E-state index is 0.313. The first kappa shape index (κ1) is 19.1. The van der Waals surface area contributed by atoms with Crippen LogP contribution in [0.15, 0.2) is 122 Å². The number of hydrogen-bond acceptors (Lipinski definition) is 2. The molecule has 5 rings (SSSR count). The van der Waals surface area contributed by atoms with Crippen molar-refractivity contribution in [2.75, 3.05) is 0 Å². The third-order valence-electron chi connectivity index (χ3n) is 6.15. The number of pyridine rings is 1. The van der Waals surface area contributed by atoms with E-state index >= 15 is 0 Å². The Balaban J connectivity index is 1.82. The van der Waals surface area contributed by atoms with E-state index in [4.69, 9.17) is 0 Å². The molecule has 1 heterocycles. The number of nitrogens with zero attached hydrogens (tertiary/aromatic N) is 1. The highest BCUT2D eigenvalue weighted by Gasteiger charge is 2.37. The highest BCUT2D eigenvalue weighted by atomic mass is 16.3. The molecule has 1 N–H and O–H groups in total. The summed E-state index contributed by atoms with van der Waals surface area (Å²) in [6.45, 7) is 0. The van der Waals surface area contributed by atoms with Crippen LogP contribution in [0.4, 0.5) is 0 Å². The van der Waals surface area contributed by atoms with Crippen molar-refractivity contribution in [1.82, 2.24) is 4.98 Å². The molecule has 5 aromatic rings. The molecule has 0 aliphatic heterocycles. The molecule has 4 aromatic carbocycles. The molecular formula is C29H23NO. The lowest BCUT2D eigenvalue weighted by Gasteiger charge is -2.36. The minimum atomic E-state index is -0.398. The second-order valence-corrected chi connectivity index (χ2v) is 7.84. The lowest BCUT2D eigenvalue weighted by atomic mass is 9.66. The summed E-state index contributed by atoms with van der Waals surface area (Å²) in [5.74, 6) is 0.313. The first-order valence-corrected chi connectivity index (χ1v) is 10.5. The Bertz CT molecular complexity index is 1200. The van der Waals surface area contributed by atoms with Crippen LogP contribution < -0.4 is 0 Å². The van der Waals surface area contributed by atoms with Crippen LogP contribution >= 0.6 is 0 Å². The van der Waals surface area contributed by atoms with Crippen LogP contribution in [0.25, 0.3) is 10.8 Å². The first-order valence-electron chi connectivity index (χ1n) is 10.5. The number of hydrogen-bond donors (Lipinski definition) is 1. The predicted molar refractivity (Wildman–Crippen MR) is 126 cm³/mol. The van der Waals surface area contributed by atoms with Crippen molar-refractivity contribution in [2.45, 2.75) is 11.8 Å². The van der Waals surface area contributed by atoms with Crippen molar-refractivity contribution in [3.8, 4) is 5.75 Å². The molecule has 2 nitrogen and oxygen atoms in total. The van der Waals surface area contributed by atoms with E-state index in [-0.39, 0.29) is 0 Å². The van der Waals surface area contributed by atoms with Gasteiger partial charge in [-0.3, -0.25) is 4.98 Å². The van der Waals surface area contributed by atoms with Crippen molar-refractivity contribution >= 4 is 10.8 Å². The molecule has 0 saturated heterocycles. The van der Waals surface area contributed by atoms with Gasteiger partial charge in [0.15, 0.2) is 0 Å². The Morgan fingerprint density at radius 3 is 1.68 bits per heavy atom. The normalized spacial score (nSPS) is 11.5. The second kappa shape index (κ2) is 8.08. The lowest BCUT2D eigenvalue weighted by Crippen LogP contribution is -2.32. The Kier molecular flexibility index (Phi) is 4.97. The fourth-order valence-electron chi connectivity index (χ4n) is 4.67. The number of aromatic nitrogens is 1. The van der Waals surface area contributed by atoms with Crippen LogP contribution in [-0.2, 0) is 11.8 Å². The smallest absolute Gasteiger partial charge is 0.123 e. The molecule has 0 unspecified atom stereocenters. The number of benzene rings is 4. The van der Waals surface area contributed by atoms with Crippen LogP contribution in [0, 0.1) is 0 Å². The van der Waals surface area contributed by atoms with Crippen LogP contribution in [0.3, 0.4) is 0 Å². The maximum Gasteiger partial charge on any atom is 0.123 e. The topological polar surface area (TPSA) is 33.1 Å². The summed E-state index contributed by atoms with van der Waals surface area (Å²) in [7, 11) is 0. The zero-order valence-electron chi connectivity index (χ0n) is 17.1. The Morgan fingerprint density at radius 2 is 1.06 bits per heavy atom. The molecule has 150 valence electrons. The van der Waals surface area contributed by atoms with Gasteiger partial charge in [0.25, 0.3) is 0 Å². The molecule has 0 bridgehead atoms. The van der Waals surface area contributed by atoms with E-state index in [2.05, 4.69) is 89.9 Å². The third kappa shape index (κ3) is 3.36. The lowest BCUT2D eigenvalue weighted by molar-refractivity contribution is 0.481. The SMILES string of the molecule is Oc1ccc(CC(c2ccccc2)(c2ccccc2)c2ccncc2)c2ccccc12. The van der Waals surface area contributed by atoms with Crippen molar-refractivity contribution in [2.24, 2.45) is 0 Å². The van der Waals surface area contributed by atoms with Gasteiger partial charge in [-0.15, -0.1) is 0 Å². The molecule has 0 aliphatic carbocycles. The molecule has 0 radical (unpaired) electrons. The zero-order chi connectivity index (χ0) is 21.1. The molecule has 31 heavy (non-hydrogen) atoms. The average molecular weight is 402 g/mol. The number of phenolic OH excluding ortho intramolecular Hbond substituents is 1. The van der Waals surface area contributed by atoms with E-state index in [9.17, 15) is 5.11 Å². The van der Waals surface area contributed by atoms with Crippen LogP contribution in [-0.4, -0.2) is 10.1 Å². The van der Waals surface area contributed by atoms with E-state index < -0.39 is 5.41 Å². The van der Waals surface area contributed by atoms with Gasteiger partial charge in [-0.05, 0) is 52.3 Å². The second-order valence-electron chi connectivity index (χ2n) is 7.84. The molecule has 0 spiro atoms. The van der Waals surface area contributed by atoms with Crippen LogP contribution in [0.5, 0.6) is 5.75 Å². The maximum absolute atomic E-state index is 10.4. The monoisotopic (exact) mass is 401 g/mol. The van der Waals surface area contributed by atoms with Crippen molar-refractivity contribution in [1.29, 1.82) is 0 Å². The highest BCUT2D eigenvalue weighted by molar-refractivity contribution is 5.91. The van der Waals surface area contributed by atoms with E-state index in [1.54, 1.807) is 0 Å². The minimum Gasteiger partial charge on any atom is -0.507 e. The van der Waals surface area contributed by atoms with Crippen LogP contribution in [0.1, 0.15) is 22.3 Å². The quantitative estimate of drug-likeness (QED) is 0.364. The van der Waals surface area contributed by atoms with Gasteiger partial charge in [0, 0.05) is 23.2 Å². The fraction of sp³-hybridized carbons (Fsp3) is 0.0690. The van der Waals surface area contributed by atoms with Crippen LogP contribution in [0.2, 0.25) is 0 Å². The van der Waals surface area contributed by atoms with Gasteiger partial charge in [0.1, 0.15) is 5.75 Å². The predicted octanol–water partition coefficient (Wildman–Crippen LogP) is 6.52. The summed E-state index contributed by atoms with van der Waals surface area (Å²) in [5.41, 5.74) is 4.44. The molecule has 0 aliphatic rings. The summed E-state index contributed by atoms with van der Waals surface area (Å²) < 4.78 is 0. The Morgan fingerprint density at radius 1 is 0.548 bits per heavy atom. The molecule has 0 saturated carbocycles. The summed E-state index contributed by atoms with van der Waals surface area (Å²) in [5, 5.41) is 12.4. The zero-order valence-corrected chi connectivity index (χ0v) is 17.1. The number of fused-ring (bicyclic) bond motifs is 1. The molecule has 1 aromatic heterocycles. The van der Waals surface area contributed by atoms with E-state index in [0.717, 1.165) is 17.2 Å². The Hall–Kier alpha value is -3.91. The Labute approximate surface area is 182 Å². The average Bonchev–Trinajstić information content (AvgIpc) is 2.86. The summed E-state index contributed by atoms with van der Waals surface area (Å²) in [6.07, 6.45) is 4.49. The van der Waals surface area contributed by atoms with Gasteiger partial charge in [-0.2, -0.15) is 0 Å². The third-order valence-corrected chi connectivity index (χ3v) is 6.15. The molecule has 2 heteroatoms. The van der Waals surface area contributed by atoms with Gasteiger partial charge < -0.3 is 5.11 Å². The standard InChI is InChI=1S/C29H23NO/c31-28-16-15-22(26-13-7-8-14-27(26)28)21-29(23-9-3-1-4-10-23,24-11-5-2-6-12-24)25-17-19-30-20-18-25/h1-20,31H,21H2. The largest absolute Gasteiger partial charge is 0.507 e. The summed E-state index contributed by atoms with van der Waals surface area (Å²) >= 11 is 0. The number of aromatic hydroxyl groups is 1. The number of phenols is 1. The van der Waals surface area contributed by atoms with Gasteiger partial charge in [-0.1, -0.05) is 91.0 Å². The van der Waals surface area contributed by atoms with Gasteiger partial charge in [-0.25, -0.2) is 0 Å². The summed E-state index contributed by atoms with van der Waals surface area (Å²) in [4.78, 5) is 4.28. The maximum atomic E-state index is 10.4. The molecule has 0 amide bonds.